The van der Waals surface area contributed by atoms with Crippen molar-refractivity contribution in [1.29, 1.82) is 0 Å². The van der Waals surface area contributed by atoms with Crippen LogP contribution in [-0.4, -0.2) is 46.1 Å². The SMILES string of the molecule is CCCCCCCC/C=C\C/C=C\CC(O)C(=O)NC(CO)C(O)/C=C/CC/C=C/CCCCCCCCCC. The molecular formula is C35H63NO4. The summed E-state index contributed by atoms with van der Waals surface area (Å²) in [5.41, 5.74) is 0. The first-order valence-electron chi connectivity index (χ1n) is 16.5. The minimum absolute atomic E-state index is 0.201. The summed E-state index contributed by atoms with van der Waals surface area (Å²) in [5, 5.41) is 32.6. The van der Waals surface area contributed by atoms with E-state index in [4.69, 9.17) is 0 Å². The summed E-state index contributed by atoms with van der Waals surface area (Å²) < 4.78 is 0. The summed E-state index contributed by atoms with van der Waals surface area (Å²) >= 11 is 0. The molecule has 0 bridgehead atoms. The van der Waals surface area contributed by atoms with Gasteiger partial charge in [-0.1, -0.05) is 140 Å². The van der Waals surface area contributed by atoms with E-state index in [0.29, 0.717) is 0 Å². The molecule has 40 heavy (non-hydrogen) atoms. The van der Waals surface area contributed by atoms with Crippen molar-refractivity contribution in [3.8, 4) is 0 Å². The van der Waals surface area contributed by atoms with E-state index in [0.717, 1.165) is 32.1 Å². The molecule has 0 aromatic heterocycles. The van der Waals surface area contributed by atoms with E-state index in [1.807, 2.05) is 12.2 Å². The number of amides is 1. The molecule has 3 atom stereocenters. The van der Waals surface area contributed by atoms with Gasteiger partial charge >= 0.3 is 0 Å². The Bertz CT molecular complexity index is 670. The molecule has 0 aliphatic rings. The third-order valence-electron chi connectivity index (χ3n) is 7.15. The van der Waals surface area contributed by atoms with Crippen LogP contribution in [-0.2, 0) is 4.79 Å². The zero-order chi connectivity index (χ0) is 29.5. The Morgan fingerprint density at radius 3 is 1.68 bits per heavy atom. The third kappa shape index (κ3) is 25.3. The van der Waals surface area contributed by atoms with Crippen molar-refractivity contribution in [2.75, 3.05) is 6.61 Å². The van der Waals surface area contributed by atoms with Gasteiger partial charge in [0.25, 0.3) is 0 Å². The normalized spacial score (nSPS) is 14.6. The quantitative estimate of drug-likeness (QED) is 0.0572. The Hall–Kier alpha value is -1.69. The maximum atomic E-state index is 12.3. The fourth-order valence-electron chi connectivity index (χ4n) is 4.48. The third-order valence-corrected chi connectivity index (χ3v) is 7.15. The number of aliphatic hydroxyl groups excluding tert-OH is 3. The van der Waals surface area contributed by atoms with Crippen LogP contribution in [0.3, 0.4) is 0 Å². The summed E-state index contributed by atoms with van der Waals surface area (Å²) in [5.74, 6) is -0.585. The predicted molar refractivity (Wildman–Crippen MR) is 171 cm³/mol. The summed E-state index contributed by atoms with van der Waals surface area (Å²) in [6.45, 7) is 4.08. The molecule has 5 heteroatoms. The number of unbranched alkanes of at least 4 members (excludes halogenated alkanes) is 15. The molecule has 0 rings (SSSR count). The first-order chi connectivity index (χ1) is 19.6. The highest BCUT2D eigenvalue weighted by atomic mass is 16.3. The average molecular weight is 562 g/mol. The molecule has 0 saturated heterocycles. The number of carbonyl (C=O) groups is 1. The molecule has 0 aromatic rings. The van der Waals surface area contributed by atoms with Gasteiger partial charge in [0.1, 0.15) is 6.10 Å². The second-order valence-electron chi connectivity index (χ2n) is 11.0. The topological polar surface area (TPSA) is 89.8 Å². The van der Waals surface area contributed by atoms with Crippen LogP contribution in [0, 0.1) is 0 Å². The molecule has 0 aliphatic carbocycles. The van der Waals surface area contributed by atoms with Gasteiger partial charge in [-0.05, 0) is 44.9 Å². The number of hydrogen-bond acceptors (Lipinski definition) is 4. The number of nitrogens with one attached hydrogen (secondary N) is 1. The van der Waals surface area contributed by atoms with Crippen molar-refractivity contribution >= 4 is 5.91 Å². The van der Waals surface area contributed by atoms with Gasteiger partial charge in [-0.25, -0.2) is 0 Å². The van der Waals surface area contributed by atoms with Crippen molar-refractivity contribution in [2.45, 2.75) is 161 Å². The van der Waals surface area contributed by atoms with Crippen LogP contribution in [0.4, 0.5) is 0 Å². The minimum Gasteiger partial charge on any atom is -0.394 e. The summed E-state index contributed by atoms with van der Waals surface area (Å²) in [7, 11) is 0. The summed E-state index contributed by atoms with van der Waals surface area (Å²) in [6.07, 6.45) is 37.1. The lowest BCUT2D eigenvalue weighted by Crippen LogP contribution is -2.48. The van der Waals surface area contributed by atoms with Gasteiger partial charge in [-0.2, -0.15) is 0 Å². The van der Waals surface area contributed by atoms with E-state index >= 15 is 0 Å². The average Bonchev–Trinajstić information content (AvgIpc) is 2.96. The molecule has 0 fully saturated rings. The lowest BCUT2D eigenvalue weighted by atomic mass is 10.1. The second-order valence-corrected chi connectivity index (χ2v) is 11.0. The highest BCUT2D eigenvalue weighted by molar-refractivity contribution is 5.81. The molecule has 0 heterocycles. The van der Waals surface area contributed by atoms with E-state index in [-0.39, 0.29) is 6.42 Å². The smallest absolute Gasteiger partial charge is 0.249 e. The van der Waals surface area contributed by atoms with E-state index in [1.54, 1.807) is 12.2 Å². The molecule has 1 amide bonds. The van der Waals surface area contributed by atoms with E-state index in [2.05, 4.69) is 43.5 Å². The summed E-state index contributed by atoms with van der Waals surface area (Å²) in [4.78, 5) is 12.3. The Balaban J connectivity index is 3.97. The van der Waals surface area contributed by atoms with Crippen LogP contribution in [0.1, 0.15) is 142 Å². The molecular weight excluding hydrogens is 498 g/mol. The van der Waals surface area contributed by atoms with E-state index in [9.17, 15) is 20.1 Å². The van der Waals surface area contributed by atoms with Crippen LogP contribution in [0.25, 0.3) is 0 Å². The second kappa shape index (κ2) is 30.3. The molecule has 0 spiro atoms. The number of carbonyl (C=O) groups excluding carboxylic acids is 1. The van der Waals surface area contributed by atoms with Crippen LogP contribution in [0.15, 0.2) is 48.6 Å². The van der Waals surface area contributed by atoms with Gasteiger partial charge in [0.05, 0.1) is 18.8 Å². The zero-order valence-electron chi connectivity index (χ0n) is 25.9. The van der Waals surface area contributed by atoms with Crippen LogP contribution < -0.4 is 5.32 Å². The van der Waals surface area contributed by atoms with Gasteiger partial charge in [-0.15, -0.1) is 0 Å². The zero-order valence-corrected chi connectivity index (χ0v) is 25.9. The number of hydrogen-bond donors (Lipinski definition) is 4. The monoisotopic (exact) mass is 561 g/mol. The largest absolute Gasteiger partial charge is 0.394 e. The fraction of sp³-hybridized carbons (Fsp3) is 0.743. The van der Waals surface area contributed by atoms with Crippen molar-refractivity contribution in [3.05, 3.63) is 48.6 Å². The van der Waals surface area contributed by atoms with Gasteiger partial charge in [0, 0.05) is 6.42 Å². The van der Waals surface area contributed by atoms with Crippen LogP contribution in [0.5, 0.6) is 0 Å². The van der Waals surface area contributed by atoms with Crippen molar-refractivity contribution in [1.82, 2.24) is 5.32 Å². The molecule has 3 unspecified atom stereocenters. The standard InChI is InChI=1S/C35H63NO4/c1-3-5-7-9-11-13-15-17-18-20-21-23-25-27-29-33(38)32(31-37)36-35(40)34(39)30-28-26-24-22-19-16-14-12-10-8-6-4-2/h19-22,26-29,32-34,37-39H,3-18,23-25,30-31H2,1-2H3,(H,36,40)/b21-20+,22-19-,28-26-,29-27+. The predicted octanol–water partition coefficient (Wildman–Crippen LogP) is 8.25. The Morgan fingerprint density at radius 1 is 0.625 bits per heavy atom. The first kappa shape index (κ1) is 38.3. The van der Waals surface area contributed by atoms with Gasteiger partial charge in [0.15, 0.2) is 0 Å². The van der Waals surface area contributed by atoms with Gasteiger partial charge in [0.2, 0.25) is 5.91 Å². The highest BCUT2D eigenvalue weighted by Crippen LogP contribution is 2.10. The van der Waals surface area contributed by atoms with Gasteiger partial charge < -0.3 is 20.6 Å². The number of allylic oxidation sites excluding steroid dienone is 6. The molecule has 0 aromatic carbocycles. The van der Waals surface area contributed by atoms with Crippen LogP contribution in [0.2, 0.25) is 0 Å². The molecule has 4 N–H and O–H groups in total. The van der Waals surface area contributed by atoms with Crippen molar-refractivity contribution < 1.29 is 20.1 Å². The molecule has 5 nitrogen and oxygen atoms in total. The van der Waals surface area contributed by atoms with Crippen molar-refractivity contribution in [3.63, 3.8) is 0 Å². The Kier molecular flexibility index (Phi) is 29.0. The van der Waals surface area contributed by atoms with Gasteiger partial charge in [-0.3, -0.25) is 4.79 Å². The number of rotatable bonds is 28. The lowest BCUT2D eigenvalue weighted by molar-refractivity contribution is -0.131. The Labute approximate surface area is 246 Å². The maximum absolute atomic E-state index is 12.3. The highest BCUT2D eigenvalue weighted by Gasteiger charge is 2.22. The maximum Gasteiger partial charge on any atom is 0.249 e. The molecule has 0 saturated carbocycles. The summed E-state index contributed by atoms with van der Waals surface area (Å²) in [6, 6.07) is -0.843. The van der Waals surface area contributed by atoms with Crippen molar-refractivity contribution in [2.24, 2.45) is 0 Å². The molecule has 0 aliphatic heterocycles. The minimum atomic E-state index is -1.21. The number of aliphatic hydroxyl groups is 3. The Morgan fingerprint density at radius 2 is 1.10 bits per heavy atom. The lowest BCUT2D eigenvalue weighted by Gasteiger charge is -2.21. The molecule has 232 valence electrons. The first-order valence-corrected chi connectivity index (χ1v) is 16.5. The van der Waals surface area contributed by atoms with E-state index in [1.165, 1.54) is 89.9 Å². The fourth-order valence-corrected chi connectivity index (χ4v) is 4.48. The van der Waals surface area contributed by atoms with Crippen LogP contribution >= 0.6 is 0 Å². The van der Waals surface area contributed by atoms with E-state index < -0.39 is 30.8 Å². The molecule has 0 radical (unpaired) electrons.